The topological polar surface area (TPSA) is 76.1 Å². The van der Waals surface area contributed by atoms with Crippen molar-refractivity contribution in [3.63, 3.8) is 0 Å². The van der Waals surface area contributed by atoms with Crippen LogP contribution in [-0.4, -0.2) is 22.5 Å². The molecule has 2 aromatic heterocycles. The molecule has 2 heterocycles. The number of benzene rings is 2. The van der Waals surface area contributed by atoms with Gasteiger partial charge in [-0.05, 0) is 50.2 Å². The summed E-state index contributed by atoms with van der Waals surface area (Å²) < 4.78 is 5.47. The molecule has 0 bridgehead atoms. The lowest BCUT2D eigenvalue weighted by molar-refractivity contribution is 0.102. The van der Waals surface area contributed by atoms with Crippen molar-refractivity contribution in [3.8, 4) is 16.3 Å². The molecule has 0 aliphatic rings. The Morgan fingerprint density at radius 3 is 2.53 bits per heavy atom. The molecule has 0 atom stereocenters. The van der Waals surface area contributed by atoms with Gasteiger partial charge in [0.1, 0.15) is 5.75 Å². The van der Waals surface area contributed by atoms with Crippen LogP contribution in [-0.2, 0) is 0 Å². The number of nitrogens with one attached hydrogen (secondary N) is 2. The minimum atomic E-state index is -0.174. The standard InChI is InChI=1S/C22H20N4O2S2/c1-3-28-17-11-9-16(10-12-17)24-21-25-18(13-29-21)19-14(2)23-22(30-19)26-20(27)15-7-5-4-6-8-15/h4-13H,3H2,1-2H3,(H,24,25)(H,23,26,27). The van der Waals surface area contributed by atoms with Crippen LogP contribution in [0.4, 0.5) is 16.0 Å². The Bertz CT molecular complexity index is 1140. The van der Waals surface area contributed by atoms with Gasteiger partial charge in [-0.1, -0.05) is 29.5 Å². The van der Waals surface area contributed by atoms with Crippen LogP contribution < -0.4 is 15.4 Å². The molecular weight excluding hydrogens is 416 g/mol. The van der Waals surface area contributed by atoms with Crippen LogP contribution in [0.3, 0.4) is 0 Å². The molecule has 0 aliphatic heterocycles. The number of carbonyl (C=O) groups excluding carboxylic acids is 1. The predicted molar refractivity (Wildman–Crippen MR) is 123 cm³/mol. The lowest BCUT2D eigenvalue weighted by Gasteiger charge is -2.05. The van der Waals surface area contributed by atoms with Crippen molar-refractivity contribution < 1.29 is 9.53 Å². The Morgan fingerprint density at radius 2 is 1.80 bits per heavy atom. The van der Waals surface area contributed by atoms with Crippen molar-refractivity contribution in [1.82, 2.24) is 9.97 Å². The van der Waals surface area contributed by atoms with E-state index in [0.29, 0.717) is 17.3 Å². The summed E-state index contributed by atoms with van der Waals surface area (Å²) in [5, 5.41) is 9.51. The zero-order chi connectivity index (χ0) is 20.9. The van der Waals surface area contributed by atoms with E-state index in [2.05, 4.69) is 20.6 Å². The number of ether oxygens (including phenoxy) is 1. The zero-order valence-electron chi connectivity index (χ0n) is 16.5. The molecule has 0 saturated carbocycles. The van der Waals surface area contributed by atoms with E-state index in [0.717, 1.165) is 32.8 Å². The molecule has 4 rings (SSSR count). The van der Waals surface area contributed by atoms with E-state index in [1.165, 1.54) is 22.7 Å². The Morgan fingerprint density at radius 1 is 1.03 bits per heavy atom. The van der Waals surface area contributed by atoms with Crippen LogP contribution in [0.15, 0.2) is 60.0 Å². The first kappa shape index (κ1) is 20.1. The summed E-state index contributed by atoms with van der Waals surface area (Å²) in [5.74, 6) is 0.667. The van der Waals surface area contributed by atoms with Crippen LogP contribution in [0.5, 0.6) is 5.75 Å². The van der Waals surface area contributed by atoms with Crippen molar-refractivity contribution in [2.24, 2.45) is 0 Å². The minimum Gasteiger partial charge on any atom is -0.494 e. The number of carbonyl (C=O) groups is 1. The molecule has 1 amide bonds. The third-order valence-corrected chi connectivity index (χ3v) is 6.06. The molecule has 0 saturated heterocycles. The van der Waals surface area contributed by atoms with E-state index >= 15 is 0 Å². The van der Waals surface area contributed by atoms with Gasteiger partial charge in [-0.15, -0.1) is 11.3 Å². The normalized spacial score (nSPS) is 10.6. The van der Waals surface area contributed by atoms with Crippen LogP contribution >= 0.6 is 22.7 Å². The monoisotopic (exact) mass is 436 g/mol. The molecule has 2 N–H and O–H groups in total. The number of rotatable bonds is 7. The highest BCUT2D eigenvalue weighted by molar-refractivity contribution is 7.20. The average Bonchev–Trinajstić information content (AvgIpc) is 3.36. The van der Waals surface area contributed by atoms with E-state index in [9.17, 15) is 4.79 Å². The van der Waals surface area contributed by atoms with Crippen LogP contribution in [0, 0.1) is 6.92 Å². The number of anilines is 3. The highest BCUT2D eigenvalue weighted by Gasteiger charge is 2.15. The van der Waals surface area contributed by atoms with E-state index < -0.39 is 0 Å². The Labute approximate surface area is 182 Å². The second kappa shape index (κ2) is 9.06. The lowest BCUT2D eigenvalue weighted by Crippen LogP contribution is -2.11. The number of aryl methyl sites for hydroxylation is 1. The number of nitrogens with zero attached hydrogens (tertiary/aromatic N) is 2. The smallest absolute Gasteiger partial charge is 0.257 e. The van der Waals surface area contributed by atoms with Gasteiger partial charge < -0.3 is 10.1 Å². The summed E-state index contributed by atoms with van der Waals surface area (Å²) in [4.78, 5) is 22.5. The summed E-state index contributed by atoms with van der Waals surface area (Å²) in [6.07, 6.45) is 0. The van der Waals surface area contributed by atoms with E-state index in [4.69, 9.17) is 4.74 Å². The quantitative estimate of drug-likeness (QED) is 0.373. The number of hydrogen-bond donors (Lipinski definition) is 2. The van der Waals surface area contributed by atoms with Gasteiger partial charge in [0.2, 0.25) is 0 Å². The van der Waals surface area contributed by atoms with Gasteiger partial charge in [0.15, 0.2) is 10.3 Å². The second-order valence-electron chi connectivity index (χ2n) is 6.37. The molecule has 0 fully saturated rings. The number of aromatic nitrogens is 2. The second-order valence-corrected chi connectivity index (χ2v) is 8.23. The fourth-order valence-electron chi connectivity index (χ4n) is 2.81. The molecule has 0 aliphatic carbocycles. The van der Waals surface area contributed by atoms with Gasteiger partial charge in [-0.25, -0.2) is 9.97 Å². The molecule has 0 radical (unpaired) electrons. The summed E-state index contributed by atoms with van der Waals surface area (Å²) in [7, 11) is 0. The van der Waals surface area contributed by atoms with Crippen molar-refractivity contribution in [2.75, 3.05) is 17.2 Å². The number of hydrogen-bond acceptors (Lipinski definition) is 7. The van der Waals surface area contributed by atoms with E-state index in [-0.39, 0.29) is 5.91 Å². The fourth-order valence-corrected chi connectivity index (χ4v) is 4.52. The minimum absolute atomic E-state index is 0.174. The zero-order valence-corrected chi connectivity index (χ0v) is 18.1. The Kier molecular flexibility index (Phi) is 6.06. The molecular formula is C22H20N4O2S2. The van der Waals surface area contributed by atoms with Crippen molar-refractivity contribution in [2.45, 2.75) is 13.8 Å². The maximum atomic E-state index is 12.4. The molecule has 8 heteroatoms. The summed E-state index contributed by atoms with van der Waals surface area (Å²) in [5.41, 5.74) is 3.21. The first-order valence-electron chi connectivity index (χ1n) is 9.42. The fraction of sp³-hybridized carbons (Fsp3) is 0.136. The molecule has 30 heavy (non-hydrogen) atoms. The molecule has 0 spiro atoms. The molecule has 6 nitrogen and oxygen atoms in total. The third-order valence-electron chi connectivity index (χ3n) is 4.21. The maximum Gasteiger partial charge on any atom is 0.257 e. The van der Waals surface area contributed by atoms with Gasteiger partial charge >= 0.3 is 0 Å². The molecule has 0 unspecified atom stereocenters. The SMILES string of the molecule is CCOc1ccc(Nc2nc(-c3sc(NC(=O)c4ccccc4)nc3C)cs2)cc1. The highest BCUT2D eigenvalue weighted by atomic mass is 32.1. The van der Waals surface area contributed by atoms with Crippen molar-refractivity contribution in [3.05, 3.63) is 71.2 Å². The predicted octanol–water partition coefficient (Wildman–Crippen LogP) is 5.97. The van der Waals surface area contributed by atoms with E-state index in [1.54, 1.807) is 12.1 Å². The van der Waals surface area contributed by atoms with Crippen molar-refractivity contribution in [1.29, 1.82) is 0 Å². The number of amides is 1. The van der Waals surface area contributed by atoms with Gasteiger partial charge in [0.05, 0.1) is 22.9 Å². The van der Waals surface area contributed by atoms with Gasteiger partial charge in [-0.3, -0.25) is 10.1 Å². The Balaban J connectivity index is 1.46. The average molecular weight is 437 g/mol. The third kappa shape index (κ3) is 4.67. The molecule has 4 aromatic rings. The van der Waals surface area contributed by atoms with Crippen molar-refractivity contribution >= 4 is 44.5 Å². The largest absolute Gasteiger partial charge is 0.494 e. The summed E-state index contributed by atoms with van der Waals surface area (Å²) in [6.45, 7) is 4.52. The maximum absolute atomic E-state index is 12.4. The molecule has 2 aromatic carbocycles. The van der Waals surface area contributed by atoms with Gasteiger partial charge in [-0.2, -0.15) is 0 Å². The van der Waals surface area contributed by atoms with Crippen LogP contribution in [0.1, 0.15) is 23.0 Å². The lowest BCUT2D eigenvalue weighted by atomic mass is 10.2. The van der Waals surface area contributed by atoms with Gasteiger partial charge in [0, 0.05) is 16.6 Å². The van der Waals surface area contributed by atoms with Gasteiger partial charge in [0.25, 0.3) is 5.91 Å². The highest BCUT2D eigenvalue weighted by Crippen LogP contribution is 2.35. The summed E-state index contributed by atoms with van der Waals surface area (Å²) in [6, 6.07) is 16.9. The Hall–Kier alpha value is -3.23. The van der Waals surface area contributed by atoms with E-state index in [1.807, 2.05) is 61.7 Å². The first-order chi connectivity index (χ1) is 14.6. The number of thiazole rings is 2. The molecule has 152 valence electrons. The van der Waals surface area contributed by atoms with Crippen LogP contribution in [0.2, 0.25) is 0 Å². The van der Waals surface area contributed by atoms with Crippen LogP contribution in [0.25, 0.3) is 10.6 Å². The summed E-state index contributed by atoms with van der Waals surface area (Å²) >= 11 is 2.94. The first-order valence-corrected chi connectivity index (χ1v) is 11.1.